The maximum absolute atomic E-state index is 2.51. The van der Waals surface area contributed by atoms with Crippen molar-refractivity contribution in [3.8, 4) is 0 Å². The van der Waals surface area contributed by atoms with Crippen molar-refractivity contribution in [2.24, 2.45) is 11.3 Å². The van der Waals surface area contributed by atoms with E-state index >= 15 is 0 Å². The van der Waals surface area contributed by atoms with Crippen molar-refractivity contribution >= 4 is 11.8 Å². The minimum absolute atomic E-state index is 0.240. The molecule has 0 aromatic heterocycles. The van der Waals surface area contributed by atoms with Crippen LogP contribution in [-0.2, 0) is 6.42 Å². The zero-order valence-corrected chi connectivity index (χ0v) is 15.9. The first kappa shape index (κ1) is 17.4. The second-order valence-electron chi connectivity index (χ2n) is 7.65. The lowest BCUT2D eigenvalue weighted by Crippen LogP contribution is -2.36. The van der Waals surface area contributed by atoms with Gasteiger partial charge in [-0.3, -0.25) is 0 Å². The number of thioether (sulfide) groups is 1. The Balaban J connectivity index is 1.77. The summed E-state index contributed by atoms with van der Waals surface area (Å²) in [6.07, 6.45) is 6.19. The molecule has 1 aliphatic rings. The molecule has 2 aromatic carbocycles. The molecule has 0 aliphatic heterocycles. The Morgan fingerprint density at radius 2 is 1.58 bits per heavy atom. The van der Waals surface area contributed by atoms with Gasteiger partial charge in [-0.25, -0.2) is 0 Å². The highest BCUT2D eigenvalue weighted by Gasteiger charge is 2.38. The van der Waals surface area contributed by atoms with Crippen LogP contribution in [0.1, 0.15) is 39.2 Å². The molecule has 0 fully saturated rings. The molecule has 0 bridgehead atoms. The van der Waals surface area contributed by atoms with E-state index in [0.717, 1.165) is 5.92 Å². The van der Waals surface area contributed by atoms with Gasteiger partial charge >= 0.3 is 0 Å². The molecule has 2 atom stereocenters. The minimum atomic E-state index is 0.240. The van der Waals surface area contributed by atoms with Gasteiger partial charge in [0, 0.05) is 10.1 Å². The van der Waals surface area contributed by atoms with Gasteiger partial charge in [0.25, 0.3) is 0 Å². The normalized spacial score (nSPS) is 22.9. The predicted octanol–water partition coefficient (Wildman–Crippen LogP) is 6.77. The third kappa shape index (κ3) is 4.33. The van der Waals surface area contributed by atoms with Crippen LogP contribution < -0.4 is 0 Å². The van der Waals surface area contributed by atoms with E-state index in [-0.39, 0.29) is 5.41 Å². The van der Waals surface area contributed by atoms with E-state index < -0.39 is 0 Å². The molecule has 0 radical (unpaired) electrons. The maximum Gasteiger partial charge on any atom is 0.0211 e. The summed E-state index contributed by atoms with van der Waals surface area (Å²) < 4.78 is 0. The molecule has 0 unspecified atom stereocenters. The van der Waals surface area contributed by atoms with E-state index in [9.17, 15) is 0 Å². The number of aryl methyl sites for hydroxylation is 1. The van der Waals surface area contributed by atoms with Gasteiger partial charge in [-0.2, -0.15) is 0 Å². The summed E-state index contributed by atoms with van der Waals surface area (Å²) >= 11 is 2.07. The van der Waals surface area contributed by atoms with E-state index in [4.69, 9.17) is 0 Å². The lowest BCUT2D eigenvalue weighted by molar-refractivity contribution is 0.306. The summed E-state index contributed by atoms with van der Waals surface area (Å²) in [5.74, 6) is 0.732. The molecule has 0 spiro atoms. The SMILES string of the molecule is CC1=CC(C)(C)[C@H](Sc2ccccc2)[C@@H](CCc2ccccc2)C1. The summed E-state index contributed by atoms with van der Waals surface area (Å²) in [5, 5.41) is 0.632. The molecule has 3 rings (SSSR count). The minimum Gasteiger partial charge on any atom is -0.122 e. The van der Waals surface area contributed by atoms with Crippen molar-refractivity contribution in [1.29, 1.82) is 0 Å². The Morgan fingerprint density at radius 1 is 0.958 bits per heavy atom. The molecule has 0 saturated carbocycles. The van der Waals surface area contributed by atoms with Crippen molar-refractivity contribution < 1.29 is 0 Å². The molecular formula is C23H28S. The smallest absolute Gasteiger partial charge is 0.0211 e. The van der Waals surface area contributed by atoms with Crippen molar-refractivity contribution in [2.75, 3.05) is 0 Å². The van der Waals surface area contributed by atoms with Crippen molar-refractivity contribution in [2.45, 2.75) is 50.2 Å². The van der Waals surface area contributed by atoms with Crippen LogP contribution in [0, 0.1) is 11.3 Å². The van der Waals surface area contributed by atoms with Crippen LogP contribution in [0.3, 0.4) is 0 Å². The quantitative estimate of drug-likeness (QED) is 0.543. The Labute approximate surface area is 151 Å². The van der Waals surface area contributed by atoms with Crippen molar-refractivity contribution in [3.05, 3.63) is 77.9 Å². The second kappa shape index (κ2) is 7.61. The lowest BCUT2D eigenvalue weighted by atomic mass is 9.72. The van der Waals surface area contributed by atoms with E-state index in [2.05, 4.69) is 99.3 Å². The Kier molecular flexibility index (Phi) is 5.50. The fourth-order valence-electron chi connectivity index (χ4n) is 4.05. The van der Waals surface area contributed by atoms with E-state index in [1.165, 1.54) is 29.7 Å². The van der Waals surface area contributed by atoms with Crippen molar-refractivity contribution in [3.63, 3.8) is 0 Å². The van der Waals surface area contributed by atoms with Gasteiger partial charge < -0.3 is 0 Å². The molecule has 24 heavy (non-hydrogen) atoms. The predicted molar refractivity (Wildman–Crippen MR) is 106 cm³/mol. The molecular weight excluding hydrogens is 308 g/mol. The summed E-state index contributed by atoms with van der Waals surface area (Å²) in [5.41, 5.74) is 3.26. The van der Waals surface area contributed by atoms with Crippen LogP contribution in [0.15, 0.2) is 77.2 Å². The summed E-state index contributed by atoms with van der Waals surface area (Å²) in [7, 11) is 0. The third-order valence-electron chi connectivity index (χ3n) is 5.02. The molecule has 0 saturated heterocycles. The Hall–Kier alpha value is -1.47. The average Bonchev–Trinajstić information content (AvgIpc) is 2.57. The molecule has 1 aliphatic carbocycles. The maximum atomic E-state index is 2.51. The summed E-state index contributed by atoms with van der Waals surface area (Å²) in [6.45, 7) is 7.12. The van der Waals surface area contributed by atoms with Crippen LogP contribution in [0.2, 0.25) is 0 Å². The Bertz CT molecular complexity index is 670. The van der Waals surface area contributed by atoms with Crippen LogP contribution in [0.4, 0.5) is 0 Å². The van der Waals surface area contributed by atoms with Crippen LogP contribution in [-0.4, -0.2) is 5.25 Å². The topological polar surface area (TPSA) is 0 Å². The first-order valence-corrected chi connectivity index (χ1v) is 9.86. The zero-order chi connectivity index (χ0) is 17.0. The fourth-order valence-corrected chi connectivity index (χ4v) is 5.45. The van der Waals surface area contributed by atoms with E-state index in [0.29, 0.717) is 5.25 Å². The summed E-state index contributed by atoms with van der Waals surface area (Å²) in [6, 6.07) is 21.8. The molecule has 0 N–H and O–H groups in total. The standard InChI is InChI=1S/C23H28S/c1-18-16-20(15-14-19-10-6-4-7-11-19)22(23(2,3)17-18)24-21-12-8-5-9-13-21/h4-13,17,20,22H,14-16H2,1-3H3/t20-,22+/m0/s1. The second-order valence-corrected chi connectivity index (χ2v) is 8.87. The number of hydrogen-bond acceptors (Lipinski definition) is 1. The first-order chi connectivity index (χ1) is 11.5. The number of rotatable bonds is 5. The third-order valence-corrected chi connectivity index (χ3v) is 6.81. The fraction of sp³-hybridized carbons (Fsp3) is 0.391. The van der Waals surface area contributed by atoms with Gasteiger partial charge in [-0.15, -0.1) is 11.8 Å². The summed E-state index contributed by atoms with van der Waals surface area (Å²) in [4.78, 5) is 1.40. The molecule has 126 valence electrons. The number of hydrogen-bond donors (Lipinski definition) is 0. The van der Waals surface area contributed by atoms with Gasteiger partial charge in [0.05, 0.1) is 0 Å². The average molecular weight is 337 g/mol. The van der Waals surface area contributed by atoms with Crippen LogP contribution in [0.25, 0.3) is 0 Å². The van der Waals surface area contributed by atoms with Crippen LogP contribution >= 0.6 is 11.8 Å². The zero-order valence-electron chi connectivity index (χ0n) is 15.0. The number of allylic oxidation sites excluding steroid dienone is 2. The molecule has 0 nitrogen and oxygen atoms in total. The van der Waals surface area contributed by atoms with Crippen LogP contribution in [0.5, 0.6) is 0 Å². The van der Waals surface area contributed by atoms with Gasteiger partial charge in [0.2, 0.25) is 0 Å². The van der Waals surface area contributed by atoms with E-state index in [1.807, 2.05) is 0 Å². The highest BCUT2D eigenvalue weighted by Crippen LogP contribution is 2.48. The monoisotopic (exact) mass is 336 g/mol. The largest absolute Gasteiger partial charge is 0.122 e. The van der Waals surface area contributed by atoms with Gasteiger partial charge in [0.15, 0.2) is 0 Å². The van der Waals surface area contributed by atoms with Crippen molar-refractivity contribution in [1.82, 2.24) is 0 Å². The van der Waals surface area contributed by atoms with Gasteiger partial charge in [-0.1, -0.05) is 74.0 Å². The van der Waals surface area contributed by atoms with E-state index in [1.54, 1.807) is 5.57 Å². The molecule has 1 heteroatoms. The molecule has 2 aromatic rings. The highest BCUT2D eigenvalue weighted by molar-refractivity contribution is 8.00. The highest BCUT2D eigenvalue weighted by atomic mass is 32.2. The lowest BCUT2D eigenvalue weighted by Gasteiger charge is -2.42. The first-order valence-electron chi connectivity index (χ1n) is 8.98. The number of benzene rings is 2. The molecule has 0 amide bonds. The van der Waals surface area contributed by atoms with Gasteiger partial charge in [-0.05, 0) is 55.2 Å². The van der Waals surface area contributed by atoms with Gasteiger partial charge in [0.1, 0.15) is 0 Å². The molecule has 0 heterocycles. The Morgan fingerprint density at radius 3 is 2.25 bits per heavy atom.